The van der Waals surface area contributed by atoms with Crippen LogP contribution < -0.4 is 4.74 Å². The highest BCUT2D eigenvalue weighted by Gasteiger charge is 2.58. The third-order valence-corrected chi connectivity index (χ3v) is 6.48. The monoisotopic (exact) mass is 460 g/mol. The number of rotatable bonds is 5. The summed E-state index contributed by atoms with van der Waals surface area (Å²) >= 11 is 1.53. The lowest BCUT2D eigenvalue weighted by molar-refractivity contribution is -0.157. The Morgan fingerprint density at radius 3 is 2.42 bits per heavy atom. The second-order valence-corrected chi connectivity index (χ2v) is 8.59. The number of amides is 3. The normalized spacial score (nSPS) is 22.4. The van der Waals surface area contributed by atoms with Crippen molar-refractivity contribution in [3.05, 3.63) is 94.7 Å². The molecular weight excluding hydrogens is 440 g/mol. The topological polar surface area (TPSA) is 76.2 Å². The summed E-state index contributed by atoms with van der Waals surface area (Å²) in [6.07, 6.45) is 1.31. The van der Waals surface area contributed by atoms with Crippen molar-refractivity contribution >= 4 is 35.5 Å². The molecule has 0 aliphatic carbocycles. The second kappa shape index (κ2) is 8.91. The Morgan fingerprint density at radius 2 is 1.73 bits per heavy atom. The van der Waals surface area contributed by atoms with Crippen LogP contribution in [0.5, 0.6) is 5.75 Å². The number of ether oxygens (including phenoxy) is 2. The van der Waals surface area contributed by atoms with Crippen LogP contribution in [0.1, 0.15) is 16.5 Å². The minimum Gasteiger partial charge on any atom is -0.447 e. The lowest BCUT2D eigenvalue weighted by atomic mass is 9.90. The van der Waals surface area contributed by atoms with E-state index in [9.17, 15) is 14.4 Å². The molecule has 3 amide bonds. The predicted molar refractivity (Wildman–Crippen MR) is 122 cm³/mol. The van der Waals surface area contributed by atoms with Gasteiger partial charge in [-0.2, -0.15) is 0 Å². The van der Waals surface area contributed by atoms with E-state index < -0.39 is 36.2 Å². The summed E-state index contributed by atoms with van der Waals surface area (Å²) in [5, 5.41) is 1.94. The zero-order valence-corrected chi connectivity index (χ0v) is 18.3. The van der Waals surface area contributed by atoms with E-state index in [1.165, 1.54) is 16.2 Å². The first-order valence-electron chi connectivity index (χ1n) is 10.4. The number of hydrogen-bond acceptors (Lipinski definition) is 6. The molecule has 0 N–H and O–H groups in total. The van der Waals surface area contributed by atoms with Crippen LogP contribution in [0.4, 0.5) is 9.59 Å². The number of cyclic esters (lactones) is 1. The molecular formula is C25H20N2O5S. The molecule has 5 rings (SSSR count). The molecule has 0 bridgehead atoms. The van der Waals surface area contributed by atoms with Crippen LogP contribution in [0, 0.1) is 5.92 Å². The molecule has 0 spiro atoms. The van der Waals surface area contributed by atoms with Crippen molar-refractivity contribution in [3.63, 3.8) is 0 Å². The number of para-hydroxylation sites is 1. The standard InChI is InChI=1S/C25H20N2O5S/c28-23-20(14-13-19-12-7-15-33-19)22(27(23)25(30)32-18-10-5-2-6-11-18)26-21(16-31-24(26)29)17-8-3-1-4-9-17/h1-15,20-22H,16H2/t20-,21-,22-/m1/s1. The minimum atomic E-state index is -0.856. The van der Waals surface area contributed by atoms with Crippen LogP contribution in [-0.2, 0) is 9.53 Å². The maximum atomic E-state index is 13.1. The van der Waals surface area contributed by atoms with Gasteiger partial charge in [-0.3, -0.25) is 9.69 Å². The fraction of sp³-hybridized carbons (Fsp3) is 0.160. The summed E-state index contributed by atoms with van der Waals surface area (Å²) in [6, 6.07) is 21.3. The van der Waals surface area contributed by atoms with Crippen molar-refractivity contribution in [3.8, 4) is 5.75 Å². The van der Waals surface area contributed by atoms with Crippen LogP contribution in [0.3, 0.4) is 0 Å². The third-order valence-electron chi connectivity index (χ3n) is 5.65. The Balaban J connectivity index is 1.47. The van der Waals surface area contributed by atoms with Gasteiger partial charge in [0.2, 0.25) is 5.91 Å². The lowest BCUT2D eigenvalue weighted by Crippen LogP contribution is -2.69. The summed E-state index contributed by atoms with van der Waals surface area (Å²) in [5.41, 5.74) is 0.861. The second-order valence-electron chi connectivity index (χ2n) is 7.61. The van der Waals surface area contributed by atoms with E-state index in [0.29, 0.717) is 5.75 Å². The molecule has 2 fully saturated rings. The molecule has 3 heterocycles. The van der Waals surface area contributed by atoms with E-state index in [4.69, 9.17) is 9.47 Å². The van der Waals surface area contributed by atoms with Crippen molar-refractivity contribution in [2.24, 2.45) is 5.92 Å². The predicted octanol–water partition coefficient (Wildman–Crippen LogP) is 4.94. The van der Waals surface area contributed by atoms with Crippen LogP contribution in [-0.4, -0.2) is 40.7 Å². The Labute approximate surface area is 194 Å². The molecule has 2 aromatic carbocycles. The molecule has 7 nitrogen and oxygen atoms in total. The highest BCUT2D eigenvalue weighted by atomic mass is 32.1. The van der Waals surface area contributed by atoms with Gasteiger partial charge in [-0.15, -0.1) is 11.3 Å². The van der Waals surface area contributed by atoms with E-state index in [0.717, 1.165) is 15.3 Å². The third kappa shape index (κ3) is 4.01. The van der Waals surface area contributed by atoms with Gasteiger partial charge >= 0.3 is 12.2 Å². The smallest absolute Gasteiger partial charge is 0.423 e. The van der Waals surface area contributed by atoms with Crippen LogP contribution in [0.2, 0.25) is 0 Å². The van der Waals surface area contributed by atoms with E-state index in [-0.39, 0.29) is 6.61 Å². The maximum Gasteiger partial charge on any atom is 0.423 e. The molecule has 3 atom stereocenters. The zero-order valence-electron chi connectivity index (χ0n) is 17.4. The molecule has 8 heteroatoms. The van der Waals surface area contributed by atoms with Gasteiger partial charge in [0.05, 0.1) is 12.0 Å². The maximum absolute atomic E-state index is 13.1. The fourth-order valence-electron chi connectivity index (χ4n) is 4.05. The Morgan fingerprint density at radius 1 is 1.00 bits per heavy atom. The van der Waals surface area contributed by atoms with Crippen molar-refractivity contribution in [1.82, 2.24) is 9.80 Å². The minimum absolute atomic E-state index is 0.135. The van der Waals surface area contributed by atoms with Crippen LogP contribution in [0.25, 0.3) is 6.08 Å². The summed E-state index contributed by atoms with van der Waals surface area (Å²) in [7, 11) is 0. The van der Waals surface area contributed by atoms with E-state index in [2.05, 4.69) is 0 Å². The number of benzene rings is 2. The molecule has 2 aliphatic rings. The van der Waals surface area contributed by atoms with Crippen molar-refractivity contribution in [2.75, 3.05) is 6.61 Å². The van der Waals surface area contributed by atoms with Crippen LogP contribution >= 0.6 is 11.3 Å². The van der Waals surface area contributed by atoms with E-state index in [1.54, 1.807) is 36.4 Å². The van der Waals surface area contributed by atoms with E-state index >= 15 is 0 Å². The first-order chi connectivity index (χ1) is 16.1. The Bertz CT molecular complexity index is 1180. The highest BCUT2D eigenvalue weighted by Crippen LogP contribution is 2.40. The number of carbonyl (C=O) groups excluding carboxylic acids is 3. The molecule has 0 unspecified atom stereocenters. The van der Waals surface area contributed by atoms with Crippen molar-refractivity contribution < 1.29 is 23.9 Å². The van der Waals surface area contributed by atoms with Crippen LogP contribution in [0.15, 0.2) is 84.3 Å². The number of nitrogens with zero attached hydrogens (tertiary/aromatic N) is 2. The van der Waals surface area contributed by atoms with Gasteiger partial charge in [-0.1, -0.05) is 60.7 Å². The lowest BCUT2D eigenvalue weighted by Gasteiger charge is -2.48. The number of carbonyl (C=O) groups is 3. The Hall–Kier alpha value is -3.91. The molecule has 33 heavy (non-hydrogen) atoms. The van der Waals surface area contributed by atoms with Gasteiger partial charge < -0.3 is 9.47 Å². The number of β-lactam (4-membered cyclic amide) rings is 1. The zero-order chi connectivity index (χ0) is 22.8. The van der Waals surface area contributed by atoms with E-state index in [1.807, 2.05) is 53.9 Å². The van der Waals surface area contributed by atoms with Gasteiger partial charge in [-0.05, 0) is 35.2 Å². The molecule has 2 saturated heterocycles. The summed E-state index contributed by atoms with van der Waals surface area (Å²) in [6.45, 7) is 0.135. The SMILES string of the molecule is O=C(Oc1ccccc1)N1C(=O)[C@H](C=Cc2cccs2)[C@@H]1N1C(=O)OC[C@@H]1c1ccccc1. The number of imide groups is 1. The van der Waals surface area contributed by atoms with Gasteiger partial charge in [0.15, 0.2) is 0 Å². The molecule has 1 aromatic heterocycles. The summed E-state index contributed by atoms with van der Waals surface area (Å²) in [4.78, 5) is 42.3. The summed E-state index contributed by atoms with van der Waals surface area (Å²) < 4.78 is 10.8. The molecule has 3 aromatic rings. The highest BCUT2D eigenvalue weighted by molar-refractivity contribution is 7.10. The number of thiophene rings is 1. The number of likely N-dealkylation sites (tertiary alicyclic amines) is 1. The largest absolute Gasteiger partial charge is 0.447 e. The first-order valence-corrected chi connectivity index (χ1v) is 11.3. The molecule has 0 saturated carbocycles. The molecule has 0 radical (unpaired) electrons. The van der Waals surface area contributed by atoms with Gasteiger partial charge in [0, 0.05) is 4.88 Å². The molecule has 166 valence electrons. The van der Waals surface area contributed by atoms with Gasteiger partial charge in [-0.25, -0.2) is 14.5 Å². The average Bonchev–Trinajstić information content (AvgIpc) is 3.48. The molecule has 2 aliphatic heterocycles. The Kier molecular flexibility index (Phi) is 5.66. The first kappa shape index (κ1) is 21.0. The summed E-state index contributed by atoms with van der Waals surface area (Å²) in [5.74, 6) is -0.817. The average molecular weight is 461 g/mol. The number of hydrogen-bond donors (Lipinski definition) is 0. The van der Waals surface area contributed by atoms with Gasteiger partial charge in [0.25, 0.3) is 0 Å². The van der Waals surface area contributed by atoms with Crippen molar-refractivity contribution in [1.29, 1.82) is 0 Å². The van der Waals surface area contributed by atoms with Crippen molar-refractivity contribution in [2.45, 2.75) is 12.2 Å². The van der Waals surface area contributed by atoms with Gasteiger partial charge in [0.1, 0.15) is 18.5 Å². The fourth-order valence-corrected chi connectivity index (χ4v) is 4.68. The quantitative estimate of drug-likeness (QED) is 0.504.